The molecule has 1 unspecified atom stereocenters. The maximum absolute atomic E-state index is 12.2. The van der Waals surface area contributed by atoms with Crippen molar-refractivity contribution in [3.8, 4) is 0 Å². The average molecular weight is 863 g/mol. The largest absolute Gasteiger partial charge is 0.462 e. The van der Waals surface area contributed by atoms with Gasteiger partial charge in [-0.2, -0.15) is 0 Å². The Morgan fingerprint density at radius 1 is 0.311 bits per heavy atom. The second-order valence-electron chi connectivity index (χ2n) is 19.4. The van der Waals surface area contributed by atoms with Crippen LogP contribution in [0.5, 0.6) is 0 Å². The topological polar surface area (TPSA) is 72.8 Å². The maximum Gasteiger partial charge on any atom is 0.306 e. The van der Waals surface area contributed by atoms with Crippen LogP contribution in [0.1, 0.15) is 328 Å². The highest BCUT2D eigenvalue weighted by Gasteiger charge is 2.16. The van der Waals surface area contributed by atoms with Crippen LogP contribution in [0.3, 0.4) is 0 Å². The molecule has 0 bridgehead atoms. The molecule has 5 heteroatoms. The number of esters is 2. The Kier molecular flexibility index (Phi) is 52.3. The van der Waals surface area contributed by atoms with Crippen molar-refractivity contribution in [2.24, 2.45) is 0 Å². The summed E-state index contributed by atoms with van der Waals surface area (Å²) in [7, 11) is 0. The molecule has 0 saturated carbocycles. The lowest BCUT2D eigenvalue weighted by Crippen LogP contribution is -2.28. The molecule has 0 heterocycles. The Morgan fingerprint density at radius 2 is 0.508 bits per heavy atom. The molecule has 5 nitrogen and oxygen atoms in total. The number of aliphatic hydroxyl groups is 1. The molecule has 0 aliphatic rings. The van der Waals surface area contributed by atoms with E-state index < -0.39 is 6.10 Å². The van der Waals surface area contributed by atoms with Crippen molar-refractivity contribution in [1.82, 2.24) is 0 Å². The van der Waals surface area contributed by atoms with Crippen molar-refractivity contribution < 1.29 is 24.2 Å². The third-order valence-corrected chi connectivity index (χ3v) is 13.2. The second-order valence-corrected chi connectivity index (χ2v) is 19.4. The molecule has 0 aromatic rings. The highest BCUT2D eigenvalue weighted by Crippen LogP contribution is 2.18. The van der Waals surface area contributed by atoms with E-state index in [9.17, 15) is 14.7 Å². The van der Waals surface area contributed by atoms with Crippen LogP contribution < -0.4 is 0 Å². The van der Waals surface area contributed by atoms with Crippen molar-refractivity contribution in [3.05, 3.63) is 0 Å². The second kappa shape index (κ2) is 53.2. The van der Waals surface area contributed by atoms with Crippen molar-refractivity contribution in [1.29, 1.82) is 0 Å². The number of aliphatic hydroxyl groups excluding tert-OH is 1. The van der Waals surface area contributed by atoms with E-state index in [2.05, 4.69) is 13.8 Å². The van der Waals surface area contributed by atoms with E-state index in [0.717, 1.165) is 32.1 Å². The fourth-order valence-corrected chi connectivity index (χ4v) is 8.91. The zero-order valence-electron chi connectivity index (χ0n) is 41.7. The minimum absolute atomic E-state index is 0.0567. The summed E-state index contributed by atoms with van der Waals surface area (Å²) in [5, 5.41) is 9.60. The highest BCUT2D eigenvalue weighted by molar-refractivity contribution is 5.70. The predicted molar refractivity (Wildman–Crippen MR) is 266 cm³/mol. The van der Waals surface area contributed by atoms with Crippen molar-refractivity contribution >= 4 is 11.9 Å². The fourth-order valence-electron chi connectivity index (χ4n) is 8.91. The van der Waals surface area contributed by atoms with Crippen molar-refractivity contribution in [2.75, 3.05) is 13.2 Å². The molecular formula is C56H110O5. The van der Waals surface area contributed by atoms with Gasteiger partial charge in [-0.15, -0.1) is 0 Å². The number of carbonyl (C=O) groups excluding carboxylic acids is 2. The first-order valence-electron chi connectivity index (χ1n) is 28.1. The molecule has 364 valence electrons. The lowest BCUT2D eigenvalue weighted by atomic mass is 10.0. The van der Waals surface area contributed by atoms with Crippen LogP contribution in [-0.2, 0) is 19.1 Å². The summed E-state index contributed by atoms with van der Waals surface area (Å²) in [5.41, 5.74) is 0. The third-order valence-electron chi connectivity index (χ3n) is 13.2. The number of ether oxygens (including phenoxy) is 2. The van der Waals surface area contributed by atoms with Gasteiger partial charge in [-0.1, -0.05) is 303 Å². The Morgan fingerprint density at radius 3 is 0.721 bits per heavy atom. The van der Waals surface area contributed by atoms with Crippen LogP contribution in [0.15, 0.2) is 0 Å². The summed E-state index contributed by atoms with van der Waals surface area (Å²) >= 11 is 0. The predicted octanol–water partition coefficient (Wildman–Crippen LogP) is 18.6. The van der Waals surface area contributed by atoms with Crippen LogP contribution in [0.4, 0.5) is 0 Å². The molecule has 0 amide bonds. The number of rotatable bonds is 53. The Labute approximate surface area is 382 Å². The smallest absolute Gasteiger partial charge is 0.306 e. The van der Waals surface area contributed by atoms with Gasteiger partial charge >= 0.3 is 11.9 Å². The average Bonchev–Trinajstić information content (AvgIpc) is 3.26. The van der Waals surface area contributed by atoms with Crippen molar-refractivity contribution in [2.45, 2.75) is 335 Å². The molecule has 1 atom stereocenters. The minimum atomic E-state index is -0.762. The molecule has 0 aliphatic heterocycles. The Hall–Kier alpha value is -1.10. The number of hydrogen-bond acceptors (Lipinski definition) is 5. The summed E-state index contributed by atoms with van der Waals surface area (Å²) in [6.07, 6.45) is 64.0. The van der Waals surface area contributed by atoms with Gasteiger partial charge in [0, 0.05) is 12.8 Å². The van der Waals surface area contributed by atoms with E-state index in [-0.39, 0.29) is 25.2 Å². The summed E-state index contributed by atoms with van der Waals surface area (Å²) in [6, 6.07) is 0. The van der Waals surface area contributed by atoms with Crippen LogP contribution in [0.2, 0.25) is 0 Å². The van der Waals surface area contributed by atoms with Gasteiger partial charge in [0.15, 0.2) is 6.10 Å². The van der Waals surface area contributed by atoms with E-state index >= 15 is 0 Å². The summed E-state index contributed by atoms with van der Waals surface area (Å²) < 4.78 is 10.7. The van der Waals surface area contributed by atoms with Gasteiger partial charge in [-0.05, 0) is 12.8 Å². The first-order valence-corrected chi connectivity index (χ1v) is 28.1. The number of hydrogen-bond donors (Lipinski definition) is 1. The molecule has 0 aliphatic carbocycles. The molecule has 0 rings (SSSR count). The molecule has 0 spiro atoms. The molecule has 61 heavy (non-hydrogen) atoms. The third kappa shape index (κ3) is 51.4. The molecular weight excluding hydrogens is 753 g/mol. The Bertz CT molecular complexity index is 845. The summed E-state index contributed by atoms with van der Waals surface area (Å²) in [4.78, 5) is 24.3. The van der Waals surface area contributed by atoms with Gasteiger partial charge in [0.25, 0.3) is 0 Å². The van der Waals surface area contributed by atoms with Gasteiger partial charge in [0.05, 0.1) is 6.61 Å². The summed E-state index contributed by atoms with van der Waals surface area (Å²) in [5.74, 6) is -0.571. The number of carbonyl (C=O) groups is 2. The fraction of sp³-hybridized carbons (Fsp3) is 0.964. The van der Waals surface area contributed by atoms with E-state index in [1.165, 1.54) is 270 Å². The quantitative estimate of drug-likeness (QED) is 0.0487. The van der Waals surface area contributed by atoms with E-state index in [1.807, 2.05) is 0 Å². The maximum atomic E-state index is 12.2. The molecule has 0 aromatic heterocycles. The molecule has 0 aromatic carbocycles. The van der Waals surface area contributed by atoms with Crippen LogP contribution >= 0.6 is 0 Å². The Balaban J connectivity index is 3.31. The van der Waals surface area contributed by atoms with Gasteiger partial charge in [0.2, 0.25) is 0 Å². The van der Waals surface area contributed by atoms with Gasteiger partial charge in [-0.3, -0.25) is 9.59 Å². The van der Waals surface area contributed by atoms with Crippen LogP contribution in [-0.4, -0.2) is 36.4 Å². The molecule has 0 radical (unpaired) electrons. The van der Waals surface area contributed by atoms with E-state index in [1.54, 1.807) is 0 Å². The van der Waals surface area contributed by atoms with Crippen LogP contribution in [0, 0.1) is 0 Å². The normalized spacial score (nSPS) is 12.0. The van der Waals surface area contributed by atoms with Crippen molar-refractivity contribution in [3.63, 3.8) is 0 Å². The molecule has 0 fully saturated rings. The number of unbranched alkanes of at least 4 members (excludes halogenated alkanes) is 45. The zero-order chi connectivity index (χ0) is 44.2. The SMILES string of the molecule is CCCCCCCCCCCCCCCCCCCCCCCCCCCCCCCCCCCCCCC(=O)OC(CO)COC(=O)CCCCCCCCCCCCC. The van der Waals surface area contributed by atoms with Gasteiger partial charge in [-0.25, -0.2) is 0 Å². The molecule has 0 saturated heterocycles. The lowest BCUT2D eigenvalue weighted by Gasteiger charge is -2.15. The first-order chi connectivity index (χ1) is 30.1. The summed E-state index contributed by atoms with van der Waals surface area (Å²) in [6.45, 7) is 4.18. The van der Waals surface area contributed by atoms with E-state index in [0.29, 0.717) is 12.8 Å². The first kappa shape index (κ1) is 59.9. The van der Waals surface area contributed by atoms with E-state index in [4.69, 9.17) is 9.47 Å². The van der Waals surface area contributed by atoms with Gasteiger partial charge < -0.3 is 14.6 Å². The minimum Gasteiger partial charge on any atom is -0.462 e. The standard InChI is InChI=1S/C56H110O5/c1-3-5-7-9-11-13-15-16-17-18-19-20-21-22-23-24-25-26-27-28-29-30-31-32-33-34-35-36-37-38-39-41-43-45-47-49-51-56(59)61-54(52-57)53-60-55(58)50-48-46-44-42-40-14-12-10-8-6-4-2/h54,57H,3-53H2,1-2H3. The lowest BCUT2D eigenvalue weighted by molar-refractivity contribution is -0.161. The highest BCUT2D eigenvalue weighted by atomic mass is 16.6. The van der Waals surface area contributed by atoms with Crippen LogP contribution in [0.25, 0.3) is 0 Å². The zero-order valence-corrected chi connectivity index (χ0v) is 41.7. The monoisotopic (exact) mass is 863 g/mol. The van der Waals surface area contributed by atoms with Gasteiger partial charge in [0.1, 0.15) is 6.61 Å². The molecule has 1 N–H and O–H groups in total.